The van der Waals surface area contributed by atoms with Crippen LogP contribution in [0.2, 0.25) is 0 Å². The van der Waals surface area contributed by atoms with E-state index >= 15 is 0 Å². The molecule has 0 saturated heterocycles. The molecule has 2 nitrogen and oxygen atoms in total. The summed E-state index contributed by atoms with van der Waals surface area (Å²) in [5, 5.41) is 0. The van der Waals surface area contributed by atoms with Crippen LogP contribution in [-0.4, -0.2) is 12.8 Å². The lowest BCUT2D eigenvalue weighted by Crippen LogP contribution is -2.23. The van der Waals surface area contributed by atoms with Crippen molar-refractivity contribution < 1.29 is 0 Å². The second-order valence-corrected chi connectivity index (χ2v) is 6.86. The predicted molar refractivity (Wildman–Crippen MR) is 103 cm³/mol. The smallest absolute Gasteiger partial charge is 0.0579 e. The van der Waals surface area contributed by atoms with Crippen molar-refractivity contribution in [3.8, 4) is 11.1 Å². The number of halogens is 1. The molecule has 24 heavy (non-hydrogen) atoms. The zero-order valence-electron chi connectivity index (χ0n) is 13.6. The summed E-state index contributed by atoms with van der Waals surface area (Å²) in [6.07, 6.45) is 11.1. The second kappa shape index (κ2) is 6.10. The van der Waals surface area contributed by atoms with Crippen LogP contribution in [0, 0.1) is 5.92 Å². The summed E-state index contributed by atoms with van der Waals surface area (Å²) < 4.78 is 0. The van der Waals surface area contributed by atoms with Gasteiger partial charge in [0.05, 0.1) is 6.54 Å². The predicted octanol–water partition coefficient (Wildman–Crippen LogP) is 4.99. The number of anilines is 1. The highest BCUT2D eigenvalue weighted by atomic mass is 35.5. The third-order valence-electron chi connectivity index (χ3n) is 5.25. The van der Waals surface area contributed by atoms with E-state index in [1.807, 2.05) is 12.4 Å². The van der Waals surface area contributed by atoms with Gasteiger partial charge in [-0.05, 0) is 53.0 Å². The normalized spacial score (nSPS) is 17.4. The van der Waals surface area contributed by atoms with E-state index in [0.717, 1.165) is 18.9 Å². The first-order chi connectivity index (χ1) is 11.4. The molecule has 0 N–H and O–H groups in total. The minimum Gasteiger partial charge on any atom is -0.341 e. The largest absolute Gasteiger partial charge is 0.341 e. The molecule has 2 aromatic rings. The Morgan fingerprint density at radius 1 is 1.04 bits per heavy atom. The zero-order valence-corrected chi connectivity index (χ0v) is 14.4. The van der Waals surface area contributed by atoms with Crippen LogP contribution in [0.25, 0.3) is 11.1 Å². The van der Waals surface area contributed by atoms with Crippen molar-refractivity contribution in [1.29, 1.82) is 0 Å². The summed E-state index contributed by atoms with van der Waals surface area (Å²) in [6.45, 7) is 0.876. The van der Waals surface area contributed by atoms with Gasteiger partial charge < -0.3 is 4.90 Å². The fraction of sp³-hybridized carbons (Fsp3) is 0.286. The first-order valence-corrected chi connectivity index (χ1v) is 8.58. The van der Waals surface area contributed by atoms with Crippen LogP contribution in [0.3, 0.4) is 0 Å². The average molecular weight is 337 g/mol. The van der Waals surface area contributed by atoms with E-state index in [1.54, 1.807) is 0 Å². The molecule has 1 saturated carbocycles. The fourth-order valence-corrected chi connectivity index (χ4v) is 3.94. The monoisotopic (exact) mass is 336 g/mol. The van der Waals surface area contributed by atoms with Gasteiger partial charge in [-0.1, -0.05) is 36.4 Å². The van der Waals surface area contributed by atoms with Gasteiger partial charge in [-0.3, -0.25) is 4.99 Å². The summed E-state index contributed by atoms with van der Waals surface area (Å²) in [5.41, 5.74) is 8.75. The Balaban J connectivity index is 0.00000146. The molecule has 122 valence electrons. The topological polar surface area (TPSA) is 15.6 Å². The van der Waals surface area contributed by atoms with Crippen LogP contribution in [-0.2, 0) is 12.8 Å². The molecule has 1 fully saturated rings. The zero-order chi connectivity index (χ0) is 15.2. The highest BCUT2D eigenvalue weighted by molar-refractivity contribution is 5.86. The van der Waals surface area contributed by atoms with Gasteiger partial charge in [-0.25, -0.2) is 0 Å². The number of hydrogen-bond donors (Lipinski definition) is 0. The van der Waals surface area contributed by atoms with Gasteiger partial charge in [-0.15, -0.1) is 12.4 Å². The molecular weight excluding hydrogens is 316 g/mol. The quantitative estimate of drug-likeness (QED) is 0.657. The number of nitrogens with zero attached hydrogens (tertiary/aromatic N) is 2. The lowest BCUT2D eigenvalue weighted by Gasteiger charge is -2.26. The van der Waals surface area contributed by atoms with Gasteiger partial charge in [0.25, 0.3) is 0 Å². The van der Waals surface area contributed by atoms with Crippen LogP contribution in [0.5, 0.6) is 0 Å². The van der Waals surface area contributed by atoms with Gasteiger partial charge in [0.1, 0.15) is 0 Å². The van der Waals surface area contributed by atoms with Crippen molar-refractivity contribution in [3.63, 3.8) is 0 Å². The molecule has 0 amide bonds. The molecule has 0 spiro atoms. The Morgan fingerprint density at radius 2 is 1.92 bits per heavy atom. The number of hydrogen-bond acceptors (Lipinski definition) is 2. The molecule has 0 bridgehead atoms. The number of rotatable bonds is 3. The highest BCUT2D eigenvalue weighted by Crippen LogP contribution is 2.45. The Morgan fingerprint density at radius 3 is 2.71 bits per heavy atom. The molecule has 3 aliphatic rings. The summed E-state index contributed by atoms with van der Waals surface area (Å²) >= 11 is 0. The Bertz CT molecular complexity index is 834. The first-order valence-electron chi connectivity index (χ1n) is 8.58. The lowest BCUT2D eigenvalue weighted by molar-refractivity contribution is 0.827. The van der Waals surface area contributed by atoms with E-state index < -0.39 is 0 Å². The first kappa shape index (κ1) is 15.5. The van der Waals surface area contributed by atoms with E-state index in [-0.39, 0.29) is 12.4 Å². The van der Waals surface area contributed by atoms with Crippen molar-refractivity contribution in [3.05, 3.63) is 65.5 Å². The fourth-order valence-electron chi connectivity index (χ4n) is 3.94. The van der Waals surface area contributed by atoms with Crippen LogP contribution in [0.15, 0.2) is 53.8 Å². The van der Waals surface area contributed by atoms with Crippen molar-refractivity contribution in [2.75, 3.05) is 11.4 Å². The van der Waals surface area contributed by atoms with Gasteiger partial charge >= 0.3 is 0 Å². The van der Waals surface area contributed by atoms with Crippen molar-refractivity contribution in [1.82, 2.24) is 0 Å². The summed E-state index contributed by atoms with van der Waals surface area (Å²) in [4.78, 5) is 6.63. The van der Waals surface area contributed by atoms with Crippen LogP contribution < -0.4 is 4.90 Å². The van der Waals surface area contributed by atoms with Gasteiger partial charge in [0, 0.05) is 30.7 Å². The SMILES string of the molecule is C1=CN(c2c(CC3CC3)ccc3c2Cc2ccccc2-3)CC=N1.Cl. The van der Waals surface area contributed by atoms with Crippen molar-refractivity contribution in [2.24, 2.45) is 10.9 Å². The number of aliphatic imine (C=N–C) groups is 1. The molecule has 2 aliphatic carbocycles. The molecule has 0 unspecified atom stereocenters. The summed E-state index contributed by atoms with van der Waals surface area (Å²) in [7, 11) is 0. The molecule has 5 rings (SSSR count). The number of benzene rings is 2. The molecule has 0 aromatic heterocycles. The highest BCUT2D eigenvalue weighted by Gasteiger charge is 2.28. The molecule has 2 aromatic carbocycles. The second-order valence-electron chi connectivity index (χ2n) is 6.86. The van der Waals surface area contributed by atoms with E-state index in [0.29, 0.717) is 0 Å². The molecule has 0 radical (unpaired) electrons. The van der Waals surface area contributed by atoms with Crippen LogP contribution in [0.1, 0.15) is 29.5 Å². The van der Waals surface area contributed by atoms with E-state index in [4.69, 9.17) is 0 Å². The van der Waals surface area contributed by atoms with Crippen LogP contribution in [0.4, 0.5) is 5.69 Å². The van der Waals surface area contributed by atoms with E-state index in [1.165, 1.54) is 52.8 Å². The average Bonchev–Trinajstić information content (AvgIpc) is 3.33. The van der Waals surface area contributed by atoms with E-state index in [2.05, 4.69) is 52.5 Å². The van der Waals surface area contributed by atoms with Crippen molar-refractivity contribution >= 4 is 24.3 Å². The van der Waals surface area contributed by atoms with Gasteiger partial charge in [-0.2, -0.15) is 0 Å². The third kappa shape index (κ3) is 2.55. The minimum atomic E-state index is 0. The molecule has 1 aliphatic heterocycles. The van der Waals surface area contributed by atoms with Gasteiger partial charge in [0.2, 0.25) is 0 Å². The lowest BCUT2D eigenvalue weighted by atomic mass is 9.96. The molecular formula is C21H21ClN2. The standard InChI is InChI=1S/C21H20N2.ClH/c1-2-4-18-16(3-1)14-20-19(18)8-7-17(13-15-5-6-15)21(20)23-11-9-22-10-12-23;/h1-4,7-11,15H,5-6,12-14H2;1H. The Kier molecular flexibility index (Phi) is 3.93. The maximum atomic E-state index is 4.24. The Hall–Kier alpha value is -2.06. The maximum Gasteiger partial charge on any atom is 0.0579 e. The number of fused-ring (bicyclic) bond motifs is 3. The van der Waals surface area contributed by atoms with Crippen molar-refractivity contribution in [2.45, 2.75) is 25.7 Å². The van der Waals surface area contributed by atoms with E-state index in [9.17, 15) is 0 Å². The Labute approximate surface area is 149 Å². The van der Waals surface area contributed by atoms with Gasteiger partial charge in [0.15, 0.2) is 0 Å². The molecule has 1 heterocycles. The third-order valence-corrected chi connectivity index (χ3v) is 5.25. The molecule has 3 heteroatoms. The van der Waals surface area contributed by atoms with Crippen LogP contribution >= 0.6 is 12.4 Å². The summed E-state index contributed by atoms with van der Waals surface area (Å²) in [6, 6.07) is 13.6. The minimum absolute atomic E-state index is 0. The molecule has 0 atom stereocenters. The maximum absolute atomic E-state index is 4.24. The summed E-state index contributed by atoms with van der Waals surface area (Å²) in [5.74, 6) is 0.901.